The van der Waals surface area contributed by atoms with Gasteiger partial charge in [0, 0.05) is 17.7 Å². The Morgan fingerprint density at radius 2 is 1.71 bits per heavy atom. The predicted molar refractivity (Wildman–Crippen MR) is 136 cm³/mol. The zero-order valence-electron chi connectivity index (χ0n) is 20.4. The van der Waals surface area contributed by atoms with Gasteiger partial charge < -0.3 is 14.7 Å². The number of H-pyrrole nitrogens is 1. The fourth-order valence-corrected chi connectivity index (χ4v) is 4.91. The van der Waals surface area contributed by atoms with E-state index < -0.39 is 0 Å². The first kappa shape index (κ1) is 22.7. The number of methoxy groups -OCH3 is 1. The highest BCUT2D eigenvalue weighted by atomic mass is 16.5. The van der Waals surface area contributed by atoms with Crippen molar-refractivity contribution in [3.63, 3.8) is 0 Å². The number of ether oxygens (including phenoxy) is 1. The summed E-state index contributed by atoms with van der Waals surface area (Å²) >= 11 is 0. The lowest BCUT2D eigenvalue weighted by molar-refractivity contribution is 0.0746. The van der Waals surface area contributed by atoms with Crippen molar-refractivity contribution in [1.29, 1.82) is 0 Å². The Bertz CT molecular complexity index is 1390. The minimum atomic E-state index is -0.301. The molecular formula is C29H29N3O3. The highest BCUT2D eigenvalue weighted by molar-refractivity contribution is 6.00. The number of rotatable bonds is 6. The number of aromatic amines is 1. The molecular weight excluding hydrogens is 438 g/mol. The van der Waals surface area contributed by atoms with Crippen LogP contribution in [0.4, 0.5) is 0 Å². The maximum Gasteiger partial charge on any atom is 0.273 e. The Morgan fingerprint density at radius 1 is 1.00 bits per heavy atom. The molecule has 178 valence electrons. The number of hydrogen-bond acceptors (Lipinski definition) is 4. The minimum Gasteiger partial charge on any atom is -0.507 e. The van der Waals surface area contributed by atoms with Gasteiger partial charge in [-0.15, -0.1) is 0 Å². The highest BCUT2D eigenvalue weighted by Crippen LogP contribution is 2.45. The zero-order valence-corrected chi connectivity index (χ0v) is 20.4. The lowest BCUT2D eigenvalue weighted by Crippen LogP contribution is -2.31. The van der Waals surface area contributed by atoms with Gasteiger partial charge in [-0.1, -0.05) is 48.0 Å². The summed E-state index contributed by atoms with van der Waals surface area (Å²) in [5.74, 6) is 0.917. The van der Waals surface area contributed by atoms with E-state index in [1.165, 1.54) is 0 Å². The van der Waals surface area contributed by atoms with E-state index in [0.29, 0.717) is 29.9 Å². The molecule has 5 rings (SSSR count). The van der Waals surface area contributed by atoms with E-state index in [1.807, 2.05) is 62.1 Å². The summed E-state index contributed by atoms with van der Waals surface area (Å²) < 4.78 is 5.27. The molecule has 6 nitrogen and oxygen atoms in total. The van der Waals surface area contributed by atoms with Crippen LogP contribution in [0.25, 0.3) is 11.3 Å². The minimum absolute atomic E-state index is 0.0818. The number of fused-ring (bicyclic) bond motifs is 1. The Labute approximate surface area is 205 Å². The van der Waals surface area contributed by atoms with E-state index in [2.05, 4.69) is 34.5 Å². The number of nitrogens with zero attached hydrogens (tertiary/aromatic N) is 2. The highest BCUT2D eigenvalue weighted by Gasteiger charge is 2.42. The summed E-state index contributed by atoms with van der Waals surface area (Å²) in [6, 6.07) is 19.8. The molecule has 0 saturated heterocycles. The monoisotopic (exact) mass is 467 g/mol. The molecule has 0 aliphatic carbocycles. The van der Waals surface area contributed by atoms with Gasteiger partial charge in [0.1, 0.15) is 22.9 Å². The van der Waals surface area contributed by atoms with Crippen molar-refractivity contribution < 1.29 is 14.6 Å². The molecule has 0 saturated carbocycles. The van der Waals surface area contributed by atoms with E-state index in [0.717, 1.165) is 39.1 Å². The summed E-state index contributed by atoms with van der Waals surface area (Å²) in [5, 5.41) is 18.4. The van der Waals surface area contributed by atoms with Crippen molar-refractivity contribution in [2.75, 3.05) is 13.7 Å². The van der Waals surface area contributed by atoms with E-state index >= 15 is 0 Å². The van der Waals surface area contributed by atoms with Crippen molar-refractivity contribution in [3.05, 3.63) is 99.7 Å². The quantitative estimate of drug-likeness (QED) is 0.392. The number of amides is 1. The lowest BCUT2D eigenvalue weighted by atomic mass is 9.93. The number of aromatic hydroxyl groups is 1. The molecule has 1 atom stereocenters. The number of phenols is 1. The Hall–Kier alpha value is -4.06. The second-order valence-electron chi connectivity index (χ2n) is 9.25. The molecule has 35 heavy (non-hydrogen) atoms. The molecule has 6 heteroatoms. The number of carbonyl (C=O) groups excluding carboxylic acids is 1. The third-order valence-electron chi connectivity index (χ3n) is 6.76. The van der Waals surface area contributed by atoms with Gasteiger partial charge in [-0.2, -0.15) is 5.10 Å². The molecule has 0 radical (unpaired) electrons. The molecule has 0 bridgehead atoms. The second-order valence-corrected chi connectivity index (χ2v) is 9.25. The molecule has 0 unspecified atom stereocenters. The van der Waals surface area contributed by atoms with Crippen LogP contribution >= 0.6 is 0 Å². The topological polar surface area (TPSA) is 78.5 Å². The van der Waals surface area contributed by atoms with Crippen molar-refractivity contribution in [2.24, 2.45) is 0 Å². The standard InChI is InChI=1S/C29H29N3O3/c1-17-5-9-21(10-6-17)27-24-25(23-16-18(2)15-19(3)28(23)33)30-31-26(24)29(34)32(27)14-13-20-7-11-22(35-4)12-8-20/h5-12,15-16,27,33H,13-14H2,1-4H3,(H,30,31)/t27-/m0/s1. The van der Waals surface area contributed by atoms with Crippen LogP contribution in [0.5, 0.6) is 11.5 Å². The van der Waals surface area contributed by atoms with Crippen LogP contribution in [-0.4, -0.2) is 39.8 Å². The molecule has 0 spiro atoms. The number of nitrogens with one attached hydrogen (secondary N) is 1. The first-order valence-electron chi connectivity index (χ1n) is 11.8. The summed E-state index contributed by atoms with van der Waals surface area (Å²) in [7, 11) is 1.65. The smallest absolute Gasteiger partial charge is 0.273 e. The summed E-state index contributed by atoms with van der Waals surface area (Å²) in [4.78, 5) is 15.5. The number of benzene rings is 3. The summed E-state index contributed by atoms with van der Waals surface area (Å²) in [5.41, 5.74) is 7.67. The molecule has 2 heterocycles. The van der Waals surface area contributed by atoms with Crippen LogP contribution in [0.3, 0.4) is 0 Å². The van der Waals surface area contributed by atoms with Crippen molar-refractivity contribution in [2.45, 2.75) is 33.2 Å². The Morgan fingerprint density at radius 3 is 2.40 bits per heavy atom. The lowest BCUT2D eigenvalue weighted by Gasteiger charge is -2.27. The van der Waals surface area contributed by atoms with Gasteiger partial charge >= 0.3 is 0 Å². The third kappa shape index (κ3) is 4.05. The average Bonchev–Trinajstić information content (AvgIpc) is 3.40. The number of aryl methyl sites for hydroxylation is 3. The fraction of sp³-hybridized carbons (Fsp3) is 0.241. The third-order valence-corrected chi connectivity index (χ3v) is 6.76. The maximum atomic E-state index is 13.6. The maximum absolute atomic E-state index is 13.6. The van der Waals surface area contributed by atoms with E-state index in [1.54, 1.807) is 7.11 Å². The molecule has 1 aliphatic heterocycles. The Balaban J connectivity index is 1.57. The van der Waals surface area contributed by atoms with Gasteiger partial charge in [-0.05, 0) is 67.6 Å². The molecule has 1 aliphatic rings. The number of aromatic nitrogens is 2. The fourth-order valence-electron chi connectivity index (χ4n) is 4.91. The number of hydrogen-bond donors (Lipinski definition) is 2. The van der Waals surface area contributed by atoms with Gasteiger partial charge in [0.25, 0.3) is 5.91 Å². The first-order valence-corrected chi connectivity index (χ1v) is 11.8. The van der Waals surface area contributed by atoms with Crippen molar-refractivity contribution in [1.82, 2.24) is 15.1 Å². The van der Waals surface area contributed by atoms with Crippen LogP contribution in [0.1, 0.15) is 49.9 Å². The van der Waals surface area contributed by atoms with Crippen LogP contribution < -0.4 is 4.74 Å². The van der Waals surface area contributed by atoms with Gasteiger partial charge in [0.15, 0.2) is 0 Å². The van der Waals surface area contributed by atoms with Crippen molar-refractivity contribution in [3.8, 4) is 22.8 Å². The zero-order chi connectivity index (χ0) is 24.7. The van der Waals surface area contributed by atoms with Crippen LogP contribution in [-0.2, 0) is 6.42 Å². The van der Waals surface area contributed by atoms with E-state index in [9.17, 15) is 9.90 Å². The first-order chi connectivity index (χ1) is 16.9. The summed E-state index contributed by atoms with van der Waals surface area (Å²) in [6.45, 7) is 6.47. The van der Waals surface area contributed by atoms with Gasteiger partial charge in [-0.3, -0.25) is 9.89 Å². The SMILES string of the molecule is COc1ccc(CCN2C(=O)c3[nH]nc(-c4cc(C)cc(C)c4O)c3[C@@H]2c2ccc(C)cc2)cc1. The molecule has 0 fully saturated rings. The van der Waals surface area contributed by atoms with Gasteiger partial charge in [0.2, 0.25) is 0 Å². The average molecular weight is 468 g/mol. The molecule has 1 amide bonds. The molecule has 4 aromatic rings. The number of phenolic OH excluding ortho intramolecular Hbond substituents is 1. The van der Waals surface area contributed by atoms with Gasteiger partial charge in [0.05, 0.1) is 13.2 Å². The van der Waals surface area contributed by atoms with E-state index in [4.69, 9.17) is 4.74 Å². The molecule has 2 N–H and O–H groups in total. The normalized spacial score (nSPS) is 14.9. The van der Waals surface area contributed by atoms with Gasteiger partial charge in [-0.25, -0.2) is 0 Å². The molecule has 1 aromatic heterocycles. The van der Waals surface area contributed by atoms with Crippen LogP contribution in [0, 0.1) is 20.8 Å². The van der Waals surface area contributed by atoms with Crippen LogP contribution in [0.2, 0.25) is 0 Å². The van der Waals surface area contributed by atoms with E-state index in [-0.39, 0.29) is 17.7 Å². The van der Waals surface area contributed by atoms with Crippen molar-refractivity contribution >= 4 is 5.91 Å². The Kier molecular flexibility index (Phi) is 5.81. The second kappa shape index (κ2) is 8.95. The largest absolute Gasteiger partial charge is 0.507 e. The number of carbonyl (C=O) groups is 1. The predicted octanol–water partition coefficient (Wildman–Crippen LogP) is 5.50. The molecule has 3 aromatic carbocycles. The summed E-state index contributed by atoms with van der Waals surface area (Å²) in [6.07, 6.45) is 0.708. The van der Waals surface area contributed by atoms with Crippen LogP contribution in [0.15, 0.2) is 60.7 Å².